The Hall–Kier alpha value is -4.53. The highest BCUT2D eigenvalue weighted by Gasteiger charge is 2.14. The van der Waals surface area contributed by atoms with Crippen LogP contribution in [-0.2, 0) is 0 Å². The maximum Gasteiger partial charge on any atom is 0.338 e. The van der Waals surface area contributed by atoms with E-state index in [-0.39, 0.29) is 0 Å². The van der Waals surface area contributed by atoms with E-state index in [0.717, 1.165) is 65.6 Å². The standard InChI is InChI=1S/C31H21N2O2P/c1-2-20-18-23-10-7-13-26(31(23)32-19-20)33-36-34-27-16-14-21-8-3-5-11-24(21)29(27)30-25-12-6-4-9-22(25)15-17-28(30)35-36/h2-19,33H,1H2. The van der Waals surface area contributed by atoms with Crippen LogP contribution in [0.5, 0.6) is 0 Å². The van der Waals surface area contributed by atoms with Crippen molar-refractivity contribution in [2.24, 2.45) is 0 Å². The minimum Gasteiger partial charge on any atom is -0.404 e. The molecule has 2 heterocycles. The van der Waals surface area contributed by atoms with Crippen LogP contribution in [0, 0.1) is 0 Å². The molecule has 0 amide bonds. The molecule has 0 aliphatic rings. The zero-order valence-electron chi connectivity index (χ0n) is 19.3. The predicted molar refractivity (Wildman–Crippen MR) is 152 cm³/mol. The number of nitrogens with one attached hydrogen (secondary N) is 1. The normalized spacial score (nSPS) is 11.4. The highest BCUT2D eigenvalue weighted by Crippen LogP contribution is 2.41. The largest absolute Gasteiger partial charge is 0.404 e. The lowest BCUT2D eigenvalue weighted by atomic mass is 9.99. The van der Waals surface area contributed by atoms with Crippen LogP contribution in [0.2, 0.25) is 0 Å². The van der Waals surface area contributed by atoms with Gasteiger partial charge in [0.2, 0.25) is 0 Å². The van der Waals surface area contributed by atoms with Crippen molar-refractivity contribution in [2.45, 2.75) is 0 Å². The second-order valence-electron chi connectivity index (χ2n) is 8.72. The van der Waals surface area contributed by atoms with E-state index in [9.17, 15) is 0 Å². The lowest BCUT2D eigenvalue weighted by Gasteiger charge is -2.07. The molecule has 4 nitrogen and oxygen atoms in total. The van der Waals surface area contributed by atoms with Gasteiger partial charge < -0.3 is 8.39 Å². The molecule has 0 atom stereocenters. The topological polar surface area (TPSA) is 51.2 Å². The molecule has 7 aromatic rings. The van der Waals surface area contributed by atoms with Gasteiger partial charge in [-0.2, -0.15) is 0 Å². The zero-order chi connectivity index (χ0) is 24.1. The first-order valence-corrected chi connectivity index (χ1v) is 12.9. The molecule has 36 heavy (non-hydrogen) atoms. The van der Waals surface area contributed by atoms with E-state index < -0.39 is 8.16 Å². The highest BCUT2D eigenvalue weighted by atomic mass is 31.1. The van der Waals surface area contributed by atoms with E-state index in [1.165, 1.54) is 0 Å². The molecular weight excluding hydrogens is 463 g/mol. The fourth-order valence-electron chi connectivity index (χ4n) is 4.89. The Kier molecular flexibility index (Phi) is 4.80. The number of fused-ring (bicyclic) bond motifs is 8. The number of pyridine rings is 1. The summed E-state index contributed by atoms with van der Waals surface area (Å²) in [6.07, 6.45) is 3.63. The Morgan fingerprint density at radius 1 is 0.694 bits per heavy atom. The lowest BCUT2D eigenvalue weighted by molar-refractivity contribution is 0.646. The number of benzene rings is 5. The molecule has 1 N–H and O–H groups in total. The van der Waals surface area contributed by atoms with Crippen LogP contribution in [0.25, 0.3) is 60.5 Å². The molecule has 0 saturated heterocycles. The molecule has 0 bridgehead atoms. The summed E-state index contributed by atoms with van der Waals surface area (Å²) in [6.45, 7) is 3.86. The molecule has 0 fully saturated rings. The van der Waals surface area contributed by atoms with Gasteiger partial charge in [0.05, 0.1) is 11.2 Å². The van der Waals surface area contributed by atoms with Crippen LogP contribution in [0.3, 0.4) is 0 Å². The Morgan fingerprint density at radius 2 is 1.31 bits per heavy atom. The second kappa shape index (κ2) is 8.30. The Balaban J connectivity index is 1.56. The lowest BCUT2D eigenvalue weighted by Crippen LogP contribution is -1.89. The quantitative estimate of drug-likeness (QED) is 0.271. The van der Waals surface area contributed by atoms with Gasteiger partial charge in [-0.1, -0.05) is 85.5 Å². The van der Waals surface area contributed by atoms with Gasteiger partial charge in [-0.05, 0) is 51.4 Å². The summed E-state index contributed by atoms with van der Waals surface area (Å²) in [4.78, 5) is 4.68. The summed E-state index contributed by atoms with van der Waals surface area (Å²) in [7, 11) is -1.55. The van der Waals surface area contributed by atoms with Gasteiger partial charge in [-0.25, -0.2) is 0 Å². The average Bonchev–Trinajstić information content (AvgIpc) is 3.09. The number of nitrogens with zero attached hydrogens (tertiary/aromatic N) is 1. The SMILES string of the molecule is C=Cc1cnc2c(Np3oc4ccc5ccccc5c4c4c(ccc5ccccc54)o3)cccc2c1. The van der Waals surface area contributed by atoms with Crippen LogP contribution in [-0.4, -0.2) is 4.98 Å². The summed E-state index contributed by atoms with van der Waals surface area (Å²) in [5.74, 6) is 0. The number of hydrogen-bond donors (Lipinski definition) is 1. The van der Waals surface area contributed by atoms with Crippen molar-refractivity contribution < 1.29 is 8.39 Å². The van der Waals surface area contributed by atoms with Gasteiger partial charge in [0.1, 0.15) is 11.2 Å². The molecule has 0 radical (unpaired) electrons. The van der Waals surface area contributed by atoms with E-state index in [0.29, 0.717) is 0 Å². The molecule has 5 heteroatoms. The van der Waals surface area contributed by atoms with Gasteiger partial charge in [-0.15, -0.1) is 0 Å². The maximum atomic E-state index is 6.58. The van der Waals surface area contributed by atoms with Crippen molar-refractivity contribution in [1.29, 1.82) is 0 Å². The highest BCUT2D eigenvalue weighted by molar-refractivity contribution is 7.39. The fourth-order valence-corrected chi connectivity index (χ4v) is 6.06. The van der Waals surface area contributed by atoms with Gasteiger partial charge in [0.25, 0.3) is 0 Å². The first kappa shape index (κ1) is 20.8. The van der Waals surface area contributed by atoms with Crippen LogP contribution in [0.15, 0.2) is 118 Å². The molecule has 7 rings (SSSR count). The second-order valence-corrected chi connectivity index (χ2v) is 9.82. The van der Waals surface area contributed by atoms with E-state index in [2.05, 4.69) is 83.4 Å². The van der Waals surface area contributed by atoms with Crippen molar-refractivity contribution in [3.8, 4) is 0 Å². The molecule has 172 valence electrons. The van der Waals surface area contributed by atoms with Crippen LogP contribution in [0.1, 0.15) is 5.56 Å². The number of aromatic nitrogens is 1. The third kappa shape index (κ3) is 3.35. The third-order valence-electron chi connectivity index (χ3n) is 6.57. The first-order chi connectivity index (χ1) is 17.8. The van der Waals surface area contributed by atoms with Crippen LogP contribution >= 0.6 is 8.16 Å². The van der Waals surface area contributed by atoms with E-state index in [1.807, 2.05) is 36.5 Å². The number of anilines is 1. The van der Waals surface area contributed by atoms with Crippen molar-refractivity contribution in [2.75, 3.05) is 5.09 Å². The van der Waals surface area contributed by atoms with Gasteiger partial charge in [-0.3, -0.25) is 10.1 Å². The number of para-hydroxylation sites is 1. The molecule has 2 aromatic heterocycles. The number of hydrogen-bond acceptors (Lipinski definition) is 4. The molecule has 0 aliphatic carbocycles. The average molecular weight is 484 g/mol. The van der Waals surface area contributed by atoms with E-state index >= 15 is 0 Å². The molecule has 0 spiro atoms. The summed E-state index contributed by atoms with van der Waals surface area (Å²) in [6, 6.07) is 33.3. The fraction of sp³-hybridized carbons (Fsp3) is 0. The van der Waals surface area contributed by atoms with Gasteiger partial charge in [0, 0.05) is 22.4 Å². The summed E-state index contributed by atoms with van der Waals surface area (Å²) < 4.78 is 13.2. The summed E-state index contributed by atoms with van der Waals surface area (Å²) in [5, 5.41) is 11.2. The monoisotopic (exact) mass is 484 g/mol. The van der Waals surface area contributed by atoms with Gasteiger partial charge in [0.15, 0.2) is 0 Å². The molecule has 0 unspecified atom stereocenters. The smallest absolute Gasteiger partial charge is 0.338 e. The number of rotatable bonds is 3. The maximum absolute atomic E-state index is 6.58. The van der Waals surface area contributed by atoms with Crippen molar-refractivity contribution >= 4 is 74.3 Å². The molecular formula is C31H21N2O2P. The predicted octanol–water partition coefficient (Wildman–Crippen LogP) is 9.66. The molecule has 0 aliphatic heterocycles. The van der Waals surface area contributed by atoms with Crippen molar-refractivity contribution in [3.63, 3.8) is 0 Å². The minimum atomic E-state index is -1.55. The summed E-state index contributed by atoms with van der Waals surface area (Å²) in [5.41, 5.74) is 4.29. The van der Waals surface area contributed by atoms with Crippen LogP contribution < -0.4 is 5.09 Å². The van der Waals surface area contributed by atoms with E-state index in [4.69, 9.17) is 8.39 Å². The van der Waals surface area contributed by atoms with Crippen LogP contribution in [0.4, 0.5) is 5.69 Å². The van der Waals surface area contributed by atoms with Gasteiger partial charge >= 0.3 is 8.16 Å². The van der Waals surface area contributed by atoms with Crippen molar-refractivity contribution in [1.82, 2.24) is 4.98 Å². The molecule has 0 saturated carbocycles. The first-order valence-electron chi connectivity index (χ1n) is 11.8. The molecule has 5 aromatic carbocycles. The van der Waals surface area contributed by atoms with Crippen molar-refractivity contribution in [3.05, 3.63) is 115 Å². The minimum absolute atomic E-state index is 0.796. The zero-order valence-corrected chi connectivity index (χ0v) is 20.2. The summed E-state index contributed by atoms with van der Waals surface area (Å²) >= 11 is 0. The Labute approximate surface area is 208 Å². The van der Waals surface area contributed by atoms with E-state index in [1.54, 1.807) is 6.08 Å². The Bertz CT molecular complexity index is 1910. The Morgan fingerprint density at radius 3 is 1.94 bits per heavy atom. The third-order valence-corrected chi connectivity index (χ3v) is 7.72.